The number of nitrogens with one attached hydrogen (secondary N) is 1. The molecule has 0 aliphatic carbocycles. The number of thiophene rings is 1. The molecule has 6 nitrogen and oxygen atoms in total. The topological polar surface area (TPSA) is 85.4 Å². The molecule has 0 aromatic carbocycles. The van der Waals surface area contributed by atoms with Crippen LogP contribution in [-0.4, -0.2) is 26.5 Å². The minimum atomic E-state index is -3.88. The maximum absolute atomic E-state index is 12.3. The number of anilines is 1. The van der Waals surface area contributed by atoms with Crippen molar-refractivity contribution in [2.24, 2.45) is 0 Å². The normalized spacial score (nSPS) is 11.1. The van der Waals surface area contributed by atoms with E-state index in [1.165, 1.54) is 24.6 Å². The Morgan fingerprint density at radius 1 is 1.35 bits per heavy atom. The number of carbonyl (C=O) groups excluding carboxylic acids is 1. The van der Waals surface area contributed by atoms with Gasteiger partial charge in [0.2, 0.25) is 0 Å². The summed E-state index contributed by atoms with van der Waals surface area (Å²) in [7, 11) is -2.67. The number of aromatic nitrogens is 1. The summed E-state index contributed by atoms with van der Waals surface area (Å²) in [5, 5.41) is 1.52. The Morgan fingerprint density at radius 3 is 2.75 bits per heavy atom. The van der Waals surface area contributed by atoms with Gasteiger partial charge in [0.1, 0.15) is 15.6 Å². The highest BCUT2D eigenvalue weighted by atomic mass is 32.2. The van der Waals surface area contributed by atoms with Gasteiger partial charge in [-0.05, 0) is 30.5 Å². The Balaban J connectivity index is 2.36. The van der Waals surface area contributed by atoms with Crippen molar-refractivity contribution in [2.75, 3.05) is 11.8 Å². The molecule has 106 valence electrons. The fourth-order valence-corrected chi connectivity index (χ4v) is 3.88. The Labute approximate surface area is 120 Å². The highest BCUT2D eigenvalue weighted by Gasteiger charge is 2.25. The Hall–Kier alpha value is -1.93. The predicted molar refractivity (Wildman–Crippen MR) is 75.4 cm³/mol. The molecule has 0 bridgehead atoms. The summed E-state index contributed by atoms with van der Waals surface area (Å²) >= 11 is 1.01. The fraction of sp³-hybridized carbons (Fsp3) is 0.167. The summed E-state index contributed by atoms with van der Waals surface area (Å²) in [6.07, 6.45) is 0. The molecule has 2 rings (SSSR count). The minimum absolute atomic E-state index is 0.0349. The van der Waals surface area contributed by atoms with Gasteiger partial charge in [-0.2, -0.15) is 0 Å². The molecule has 8 heteroatoms. The fourth-order valence-electron chi connectivity index (χ4n) is 1.54. The second kappa shape index (κ2) is 5.59. The van der Waals surface area contributed by atoms with Crippen molar-refractivity contribution in [1.29, 1.82) is 0 Å². The van der Waals surface area contributed by atoms with Crippen LogP contribution in [0.2, 0.25) is 0 Å². The smallest absolute Gasteiger partial charge is 0.349 e. The van der Waals surface area contributed by atoms with Gasteiger partial charge in [0, 0.05) is 5.69 Å². The van der Waals surface area contributed by atoms with E-state index >= 15 is 0 Å². The maximum atomic E-state index is 12.3. The number of aryl methyl sites for hydroxylation is 1. The lowest BCUT2D eigenvalue weighted by Gasteiger charge is -2.07. The molecule has 2 heterocycles. The molecule has 1 N–H and O–H groups in total. The van der Waals surface area contributed by atoms with Crippen molar-refractivity contribution in [1.82, 2.24) is 4.98 Å². The first-order valence-electron chi connectivity index (χ1n) is 5.56. The third-order valence-electron chi connectivity index (χ3n) is 2.42. The van der Waals surface area contributed by atoms with Gasteiger partial charge in [0.25, 0.3) is 10.0 Å². The summed E-state index contributed by atoms with van der Waals surface area (Å²) in [5.41, 5.74) is 0.684. The molecule has 0 aliphatic heterocycles. The number of hydrogen-bond donors (Lipinski definition) is 1. The highest BCUT2D eigenvalue weighted by molar-refractivity contribution is 7.93. The van der Waals surface area contributed by atoms with Crippen molar-refractivity contribution in [3.8, 4) is 0 Å². The van der Waals surface area contributed by atoms with Crippen LogP contribution in [0.1, 0.15) is 15.4 Å². The van der Waals surface area contributed by atoms with Crippen LogP contribution in [-0.2, 0) is 14.8 Å². The molecule has 0 spiro atoms. The number of sulfonamides is 1. The van der Waals surface area contributed by atoms with Crippen molar-refractivity contribution >= 4 is 33.1 Å². The maximum Gasteiger partial charge on any atom is 0.349 e. The number of ether oxygens (including phenoxy) is 1. The Morgan fingerprint density at radius 2 is 2.10 bits per heavy atom. The van der Waals surface area contributed by atoms with Crippen molar-refractivity contribution in [3.05, 3.63) is 40.2 Å². The summed E-state index contributed by atoms with van der Waals surface area (Å²) in [6, 6.07) is 6.33. The standard InChI is InChI=1S/C12H12N2O4S2/c1-8-4-3-5-10(13-8)14-20(16,17)9-6-7-19-11(9)12(15)18-2/h3-7H,1-2H3,(H,13,14). The number of rotatable bonds is 4. The summed E-state index contributed by atoms with van der Waals surface area (Å²) < 4.78 is 31.4. The number of esters is 1. The lowest BCUT2D eigenvalue weighted by Crippen LogP contribution is -2.16. The van der Waals surface area contributed by atoms with Gasteiger partial charge in [0.15, 0.2) is 0 Å². The second-order valence-corrected chi connectivity index (χ2v) is 6.44. The monoisotopic (exact) mass is 312 g/mol. The Kier molecular flexibility index (Phi) is 4.05. The zero-order valence-electron chi connectivity index (χ0n) is 10.8. The Bertz CT molecular complexity index is 737. The molecule has 0 radical (unpaired) electrons. The van der Waals surface area contributed by atoms with Crippen LogP contribution in [0, 0.1) is 6.92 Å². The number of pyridine rings is 1. The lowest BCUT2D eigenvalue weighted by atomic mass is 10.4. The first-order valence-corrected chi connectivity index (χ1v) is 7.92. The van der Waals surface area contributed by atoms with E-state index < -0.39 is 16.0 Å². The van der Waals surface area contributed by atoms with Crippen LogP contribution in [0.5, 0.6) is 0 Å². The van der Waals surface area contributed by atoms with E-state index in [4.69, 9.17) is 0 Å². The van der Waals surface area contributed by atoms with Gasteiger partial charge < -0.3 is 4.74 Å². The first kappa shape index (κ1) is 14.5. The number of nitrogens with zero attached hydrogens (tertiary/aromatic N) is 1. The van der Waals surface area contributed by atoms with Crippen molar-refractivity contribution in [2.45, 2.75) is 11.8 Å². The van der Waals surface area contributed by atoms with Crippen LogP contribution in [0.4, 0.5) is 5.82 Å². The largest absolute Gasteiger partial charge is 0.465 e. The molecular weight excluding hydrogens is 300 g/mol. The molecular formula is C12H12N2O4S2. The van der Waals surface area contributed by atoms with Gasteiger partial charge in [-0.15, -0.1) is 11.3 Å². The average Bonchev–Trinajstić information content (AvgIpc) is 2.87. The summed E-state index contributed by atoms with van der Waals surface area (Å²) in [6.45, 7) is 1.75. The van der Waals surface area contributed by atoms with E-state index in [2.05, 4.69) is 14.4 Å². The van der Waals surface area contributed by atoms with Crippen molar-refractivity contribution < 1.29 is 17.9 Å². The SMILES string of the molecule is COC(=O)c1sccc1S(=O)(=O)Nc1cccc(C)n1. The van der Waals surface area contributed by atoms with E-state index in [9.17, 15) is 13.2 Å². The van der Waals surface area contributed by atoms with Gasteiger partial charge in [-0.1, -0.05) is 6.07 Å². The van der Waals surface area contributed by atoms with E-state index in [1.807, 2.05) is 0 Å². The van der Waals surface area contributed by atoms with E-state index in [0.717, 1.165) is 11.3 Å². The highest BCUT2D eigenvalue weighted by Crippen LogP contribution is 2.24. The zero-order valence-corrected chi connectivity index (χ0v) is 12.4. The van der Waals surface area contributed by atoms with E-state index in [0.29, 0.717) is 5.69 Å². The molecule has 0 fully saturated rings. The van der Waals surface area contributed by atoms with Crippen LogP contribution >= 0.6 is 11.3 Å². The van der Waals surface area contributed by atoms with E-state index in [1.54, 1.807) is 19.1 Å². The lowest BCUT2D eigenvalue weighted by molar-refractivity contribution is 0.0602. The minimum Gasteiger partial charge on any atom is -0.465 e. The second-order valence-electron chi connectivity index (χ2n) is 3.88. The molecule has 0 saturated heterocycles. The van der Waals surface area contributed by atoms with Crippen LogP contribution in [0.3, 0.4) is 0 Å². The molecule has 0 saturated carbocycles. The number of hydrogen-bond acceptors (Lipinski definition) is 6. The van der Waals surface area contributed by atoms with Crippen LogP contribution < -0.4 is 4.72 Å². The zero-order chi connectivity index (χ0) is 14.8. The van der Waals surface area contributed by atoms with Gasteiger partial charge in [-0.3, -0.25) is 4.72 Å². The van der Waals surface area contributed by atoms with Gasteiger partial charge in [0.05, 0.1) is 7.11 Å². The molecule has 2 aromatic rings. The predicted octanol–water partition coefficient (Wildman–Crippen LogP) is 2.04. The first-order chi connectivity index (χ1) is 9.44. The summed E-state index contributed by atoms with van der Waals surface area (Å²) in [5.74, 6) is -0.482. The van der Waals surface area contributed by atoms with Gasteiger partial charge >= 0.3 is 5.97 Å². The van der Waals surface area contributed by atoms with Gasteiger partial charge in [-0.25, -0.2) is 18.2 Å². The van der Waals surface area contributed by atoms with Crippen molar-refractivity contribution in [3.63, 3.8) is 0 Å². The quantitative estimate of drug-likeness (QED) is 0.873. The summed E-state index contributed by atoms with van der Waals surface area (Å²) in [4.78, 5) is 15.5. The molecule has 0 atom stereocenters. The van der Waals surface area contributed by atoms with E-state index in [-0.39, 0.29) is 15.6 Å². The number of carbonyl (C=O) groups is 1. The average molecular weight is 312 g/mol. The van der Waals surface area contributed by atoms with Crippen LogP contribution in [0.15, 0.2) is 34.5 Å². The van der Waals surface area contributed by atoms with Crippen LogP contribution in [0.25, 0.3) is 0 Å². The molecule has 2 aromatic heterocycles. The molecule has 0 unspecified atom stereocenters. The molecule has 0 amide bonds. The third kappa shape index (κ3) is 2.97. The molecule has 0 aliphatic rings. The number of methoxy groups -OCH3 is 1. The molecule has 20 heavy (non-hydrogen) atoms. The third-order valence-corrected chi connectivity index (χ3v) is 4.84.